The Labute approximate surface area is 103 Å². The second-order valence-electron chi connectivity index (χ2n) is 3.32. The largest absolute Gasteiger partial charge is 0.491 e. The highest BCUT2D eigenvalue weighted by Gasteiger charge is 2.06. The molecule has 0 saturated carbocycles. The van der Waals surface area contributed by atoms with Gasteiger partial charge in [-0.05, 0) is 54.1 Å². The Hall–Kier alpha value is -0.780. The van der Waals surface area contributed by atoms with Crippen molar-refractivity contribution in [1.82, 2.24) is 0 Å². The van der Waals surface area contributed by atoms with Crippen molar-refractivity contribution in [3.05, 3.63) is 27.8 Å². The lowest BCUT2D eigenvalue weighted by Crippen LogP contribution is -2.13. The predicted molar refractivity (Wildman–Crippen MR) is 66.1 cm³/mol. The number of hydrogen-bond acceptors (Lipinski definition) is 2. The molecule has 0 heterocycles. The monoisotopic (exact) mass is 320 g/mol. The number of aliphatic carboxylic acids is 1. The lowest BCUT2D eigenvalue weighted by Gasteiger charge is -2.13. The quantitative estimate of drug-likeness (QED) is 0.849. The number of rotatable bonds is 5. The number of carboxylic acid groups (broad SMARTS) is 1. The highest BCUT2D eigenvalue weighted by molar-refractivity contribution is 14.1. The summed E-state index contributed by atoms with van der Waals surface area (Å²) >= 11 is 2.21. The van der Waals surface area contributed by atoms with E-state index in [2.05, 4.69) is 22.6 Å². The lowest BCUT2D eigenvalue weighted by molar-refractivity contribution is -0.137. The van der Waals surface area contributed by atoms with Gasteiger partial charge in [0.1, 0.15) is 5.75 Å². The fraction of sp³-hybridized carbons (Fsp3) is 0.364. The summed E-state index contributed by atoms with van der Waals surface area (Å²) in [6.07, 6.45) is 0.602. The molecule has 1 rings (SSSR count). The predicted octanol–water partition coefficient (Wildman–Crippen LogP) is 2.92. The van der Waals surface area contributed by atoms with E-state index in [0.29, 0.717) is 6.42 Å². The van der Waals surface area contributed by atoms with E-state index in [0.717, 1.165) is 9.32 Å². The number of carbonyl (C=O) groups is 1. The van der Waals surface area contributed by atoms with Crippen LogP contribution in [-0.4, -0.2) is 17.2 Å². The van der Waals surface area contributed by atoms with Crippen LogP contribution >= 0.6 is 22.6 Å². The summed E-state index contributed by atoms with van der Waals surface area (Å²) < 4.78 is 6.68. The van der Waals surface area contributed by atoms with Crippen molar-refractivity contribution in [2.24, 2.45) is 0 Å². The Balaban J connectivity index is 2.44. The van der Waals surface area contributed by atoms with Gasteiger partial charge >= 0.3 is 5.97 Å². The zero-order valence-electron chi connectivity index (χ0n) is 8.44. The van der Waals surface area contributed by atoms with Gasteiger partial charge in [0.05, 0.1) is 6.10 Å². The fourth-order valence-electron chi connectivity index (χ4n) is 1.16. The van der Waals surface area contributed by atoms with E-state index in [1.165, 1.54) is 0 Å². The van der Waals surface area contributed by atoms with Crippen LogP contribution in [0.15, 0.2) is 24.3 Å². The minimum Gasteiger partial charge on any atom is -0.491 e. The molecule has 1 unspecified atom stereocenters. The van der Waals surface area contributed by atoms with Gasteiger partial charge in [-0.2, -0.15) is 0 Å². The number of halogens is 1. The van der Waals surface area contributed by atoms with Crippen LogP contribution in [-0.2, 0) is 4.79 Å². The molecule has 1 atom stereocenters. The third-order valence-electron chi connectivity index (χ3n) is 1.90. The van der Waals surface area contributed by atoms with Crippen molar-refractivity contribution in [2.75, 3.05) is 0 Å². The van der Waals surface area contributed by atoms with Gasteiger partial charge < -0.3 is 9.84 Å². The van der Waals surface area contributed by atoms with Gasteiger partial charge in [-0.25, -0.2) is 0 Å². The molecule has 0 radical (unpaired) electrons. The van der Waals surface area contributed by atoms with Gasteiger partial charge in [0.2, 0.25) is 0 Å². The molecule has 0 amide bonds. The van der Waals surface area contributed by atoms with Crippen LogP contribution in [0.4, 0.5) is 0 Å². The summed E-state index contributed by atoms with van der Waals surface area (Å²) in [5.74, 6) is 0.00730. The standard InChI is InChI=1S/C11H13IO3/c1-8(5-6-11(13)14)15-10-4-2-3-9(12)7-10/h2-4,7-8H,5-6H2,1H3,(H,13,14). The van der Waals surface area contributed by atoms with Gasteiger partial charge in [0.25, 0.3) is 0 Å². The SMILES string of the molecule is CC(CCC(=O)O)Oc1cccc(I)c1. The Morgan fingerprint density at radius 2 is 2.33 bits per heavy atom. The van der Waals surface area contributed by atoms with Crippen molar-refractivity contribution in [2.45, 2.75) is 25.9 Å². The maximum atomic E-state index is 10.4. The van der Waals surface area contributed by atoms with Crippen LogP contribution in [0.5, 0.6) is 5.75 Å². The summed E-state index contributed by atoms with van der Waals surface area (Å²) in [5.41, 5.74) is 0. The summed E-state index contributed by atoms with van der Waals surface area (Å²) in [5, 5.41) is 8.52. The summed E-state index contributed by atoms with van der Waals surface area (Å²) in [6.45, 7) is 1.88. The molecule has 1 N–H and O–H groups in total. The van der Waals surface area contributed by atoms with E-state index >= 15 is 0 Å². The molecule has 0 saturated heterocycles. The smallest absolute Gasteiger partial charge is 0.303 e. The van der Waals surface area contributed by atoms with Crippen molar-refractivity contribution in [3.63, 3.8) is 0 Å². The maximum absolute atomic E-state index is 10.4. The lowest BCUT2D eigenvalue weighted by atomic mass is 10.2. The molecule has 82 valence electrons. The number of hydrogen-bond donors (Lipinski definition) is 1. The molecule has 0 aromatic heterocycles. The fourth-order valence-corrected chi connectivity index (χ4v) is 1.67. The molecule has 1 aromatic rings. The van der Waals surface area contributed by atoms with Crippen molar-refractivity contribution in [1.29, 1.82) is 0 Å². The third kappa shape index (κ3) is 5.01. The van der Waals surface area contributed by atoms with Crippen LogP contribution < -0.4 is 4.74 Å². The Morgan fingerprint density at radius 1 is 1.60 bits per heavy atom. The van der Waals surface area contributed by atoms with Crippen LogP contribution in [0.1, 0.15) is 19.8 Å². The molecule has 4 heteroatoms. The van der Waals surface area contributed by atoms with Gasteiger partial charge in [-0.1, -0.05) is 6.07 Å². The van der Waals surface area contributed by atoms with E-state index in [1.807, 2.05) is 31.2 Å². The summed E-state index contributed by atoms with van der Waals surface area (Å²) in [4.78, 5) is 10.4. The zero-order chi connectivity index (χ0) is 11.3. The molecule has 0 aliphatic heterocycles. The topological polar surface area (TPSA) is 46.5 Å². The summed E-state index contributed by atoms with van der Waals surface area (Å²) in [6, 6.07) is 7.70. The van der Waals surface area contributed by atoms with E-state index in [-0.39, 0.29) is 12.5 Å². The highest BCUT2D eigenvalue weighted by atomic mass is 127. The zero-order valence-corrected chi connectivity index (χ0v) is 10.6. The molecule has 0 bridgehead atoms. The van der Waals surface area contributed by atoms with Gasteiger partial charge in [-0.3, -0.25) is 4.79 Å². The van der Waals surface area contributed by atoms with Crippen LogP contribution in [0.25, 0.3) is 0 Å². The summed E-state index contributed by atoms with van der Waals surface area (Å²) in [7, 11) is 0. The molecular formula is C11H13IO3. The van der Waals surface area contributed by atoms with Gasteiger partial charge in [0, 0.05) is 9.99 Å². The number of ether oxygens (including phenoxy) is 1. The van der Waals surface area contributed by atoms with Crippen LogP contribution in [0.2, 0.25) is 0 Å². The normalized spacial score (nSPS) is 12.1. The molecule has 1 aromatic carbocycles. The molecule has 0 fully saturated rings. The number of carboxylic acids is 1. The van der Waals surface area contributed by atoms with E-state index in [1.54, 1.807) is 0 Å². The minimum atomic E-state index is -0.784. The number of benzene rings is 1. The Kier molecular flexibility index (Phi) is 4.87. The Bertz CT molecular complexity index is 338. The maximum Gasteiger partial charge on any atom is 0.303 e. The van der Waals surface area contributed by atoms with Gasteiger partial charge in [-0.15, -0.1) is 0 Å². The van der Waals surface area contributed by atoms with E-state index < -0.39 is 5.97 Å². The van der Waals surface area contributed by atoms with Crippen molar-refractivity contribution in [3.8, 4) is 5.75 Å². The first-order valence-electron chi connectivity index (χ1n) is 4.72. The molecule has 15 heavy (non-hydrogen) atoms. The first-order valence-corrected chi connectivity index (χ1v) is 5.80. The molecule has 0 aliphatic rings. The van der Waals surface area contributed by atoms with Gasteiger partial charge in [0.15, 0.2) is 0 Å². The second kappa shape index (κ2) is 5.95. The molecular weight excluding hydrogens is 307 g/mol. The highest BCUT2D eigenvalue weighted by Crippen LogP contribution is 2.17. The average molecular weight is 320 g/mol. The second-order valence-corrected chi connectivity index (χ2v) is 4.56. The van der Waals surface area contributed by atoms with Crippen molar-refractivity contribution >= 4 is 28.6 Å². The minimum absolute atomic E-state index is 0.0701. The Morgan fingerprint density at radius 3 is 2.93 bits per heavy atom. The van der Waals surface area contributed by atoms with E-state index in [4.69, 9.17) is 9.84 Å². The average Bonchev–Trinajstić information content (AvgIpc) is 2.15. The van der Waals surface area contributed by atoms with Crippen LogP contribution in [0.3, 0.4) is 0 Å². The molecule has 0 spiro atoms. The van der Waals surface area contributed by atoms with E-state index in [9.17, 15) is 4.79 Å². The van der Waals surface area contributed by atoms with Crippen molar-refractivity contribution < 1.29 is 14.6 Å². The van der Waals surface area contributed by atoms with Crippen LogP contribution in [0, 0.1) is 3.57 Å². The molecule has 3 nitrogen and oxygen atoms in total. The first kappa shape index (κ1) is 12.3. The third-order valence-corrected chi connectivity index (χ3v) is 2.57. The molecule has 0 aliphatic carbocycles. The first-order chi connectivity index (χ1) is 7.08.